The average molecular weight is 303 g/mol. The third-order valence-corrected chi connectivity index (χ3v) is 4.28. The highest BCUT2D eigenvalue weighted by atomic mass is 16.2. The molecule has 0 spiro atoms. The number of nitrogens with two attached hydrogens (primary N) is 1. The SMILES string of the molecule is CCCC(N)C(=O)NCc1ccc(CN2CCCCC2)cc1. The number of hydrogen-bond donors (Lipinski definition) is 2. The van der Waals surface area contributed by atoms with Gasteiger partial charge >= 0.3 is 0 Å². The van der Waals surface area contributed by atoms with Crippen molar-refractivity contribution in [1.82, 2.24) is 10.2 Å². The maximum Gasteiger partial charge on any atom is 0.237 e. The van der Waals surface area contributed by atoms with Crippen molar-refractivity contribution in [3.05, 3.63) is 35.4 Å². The highest BCUT2D eigenvalue weighted by molar-refractivity contribution is 5.81. The lowest BCUT2D eigenvalue weighted by atomic mass is 10.1. The molecule has 4 nitrogen and oxygen atoms in total. The molecule has 1 saturated heterocycles. The van der Waals surface area contributed by atoms with E-state index in [0.29, 0.717) is 6.54 Å². The predicted octanol–water partition coefficient (Wildman–Crippen LogP) is 2.42. The summed E-state index contributed by atoms with van der Waals surface area (Å²) in [6.45, 7) is 6.06. The van der Waals surface area contributed by atoms with E-state index in [-0.39, 0.29) is 11.9 Å². The molecule has 1 fully saturated rings. The minimum atomic E-state index is -0.386. The van der Waals surface area contributed by atoms with Gasteiger partial charge in [-0.15, -0.1) is 0 Å². The topological polar surface area (TPSA) is 58.4 Å². The second kappa shape index (κ2) is 8.91. The molecule has 1 atom stereocenters. The third-order valence-electron chi connectivity index (χ3n) is 4.28. The van der Waals surface area contributed by atoms with Crippen molar-refractivity contribution < 1.29 is 4.79 Å². The van der Waals surface area contributed by atoms with Gasteiger partial charge in [-0.05, 0) is 43.5 Å². The van der Waals surface area contributed by atoms with Crippen LogP contribution in [0.2, 0.25) is 0 Å². The van der Waals surface area contributed by atoms with Gasteiger partial charge in [0.15, 0.2) is 0 Å². The molecule has 1 aliphatic rings. The van der Waals surface area contributed by atoms with Crippen LogP contribution in [-0.4, -0.2) is 29.9 Å². The fourth-order valence-electron chi connectivity index (χ4n) is 2.90. The first kappa shape index (κ1) is 17.0. The highest BCUT2D eigenvalue weighted by Crippen LogP contribution is 2.13. The lowest BCUT2D eigenvalue weighted by Gasteiger charge is -2.26. The van der Waals surface area contributed by atoms with Crippen LogP contribution in [-0.2, 0) is 17.9 Å². The van der Waals surface area contributed by atoms with Gasteiger partial charge in [-0.1, -0.05) is 44.0 Å². The minimum absolute atomic E-state index is 0.0563. The van der Waals surface area contributed by atoms with Gasteiger partial charge in [0.05, 0.1) is 6.04 Å². The molecule has 1 aromatic carbocycles. The monoisotopic (exact) mass is 303 g/mol. The molecule has 1 amide bonds. The lowest BCUT2D eigenvalue weighted by molar-refractivity contribution is -0.122. The van der Waals surface area contributed by atoms with E-state index in [2.05, 4.69) is 34.5 Å². The van der Waals surface area contributed by atoms with Crippen LogP contribution < -0.4 is 11.1 Å². The van der Waals surface area contributed by atoms with Crippen LogP contribution in [0.1, 0.15) is 50.2 Å². The summed E-state index contributed by atoms with van der Waals surface area (Å²) < 4.78 is 0. The summed E-state index contributed by atoms with van der Waals surface area (Å²) in [5, 5.41) is 2.91. The molecule has 3 N–H and O–H groups in total. The Kier molecular flexibility index (Phi) is 6.87. The molecular formula is C18H29N3O. The quantitative estimate of drug-likeness (QED) is 0.813. The zero-order valence-electron chi connectivity index (χ0n) is 13.7. The Morgan fingerprint density at radius 2 is 1.82 bits per heavy atom. The molecule has 1 aliphatic heterocycles. The molecule has 0 saturated carbocycles. The van der Waals surface area contributed by atoms with Crippen molar-refractivity contribution in [3.63, 3.8) is 0 Å². The molecular weight excluding hydrogens is 274 g/mol. The molecule has 0 aliphatic carbocycles. The van der Waals surface area contributed by atoms with E-state index in [4.69, 9.17) is 5.73 Å². The minimum Gasteiger partial charge on any atom is -0.351 e. The Morgan fingerprint density at radius 1 is 1.18 bits per heavy atom. The van der Waals surface area contributed by atoms with Crippen molar-refractivity contribution in [1.29, 1.82) is 0 Å². The van der Waals surface area contributed by atoms with Crippen molar-refractivity contribution in [2.24, 2.45) is 5.73 Å². The van der Waals surface area contributed by atoms with E-state index < -0.39 is 0 Å². The Labute approximate surface area is 134 Å². The predicted molar refractivity (Wildman–Crippen MR) is 90.3 cm³/mol. The second-order valence-corrected chi connectivity index (χ2v) is 6.27. The zero-order valence-corrected chi connectivity index (χ0v) is 13.7. The molecule has 2 rings (SSSR count). The van der Waals surface area contributed by atoms with Gasteiger partial charge in [-0.25, -0.2) is 0 Å². The highest BCUT2D eigenvalue weighted by Gasteiger charge is 2.12. The summed E-state index contributed by atoms with van der Waals surface area (Å²) in [4.78, 5) is 14.3. The summed E-state index contributed by atoms with van der Waals surface area (Å²) in [6.07, 6.45) is 5.68. The van der Waals surface area contributed by atoms with Crippen LogP contribution >= 0.6 is 0 Å². The van der Waals surface area contributed by atoms with E-state index in [0.717, 1.165) is 24.9 Å². The van der Waals surface area contributed by atoms with Gasteiger partial charge in [-0.2, -0.15) is 0 Å². The first-order chi connectivity index (χ1) is 10.7. The molecule has 4 heteroatoms. The number of rotatable bonds is 7. The van der Waals surface area contributed by atoms with Gasteiger partial charge in [0, 0.05) is 13.1 Å². The van der Waals surface area contributed by atoms with E-state index in [1.165, 1.54) is 37.9 Å². The molecule has 1 aromatic rings. The van der Waals surface area contributed by atoms with Crippen molar-refractivity contribution in [2.75, 3.05) is 13.1 Å². The normalized spacial score (nSPS) is 17.2. The molecule has 22 heavy (non-hydrogen) atoms. The van der Waals surface area contributed by atoms with Gasteiger partial charge < -0.3 is 11.1 Å². The maximum atomic E-state index is 11.8. The number of nitrogens with zero attached hydrogens (tertiary/aromatic N) is 1. The fourth-order valence-corrected chi connectivity index (χ4v) is 2.90. The maximum absolute atomic E-state index is 11.8. The molecule has 0 aromatic heterocycles. The number of benzene rings is 1. The van der Waals surface area contributed by atoms with Crippen LogP contribution in [0.15, 0.2) is 24.3 Å². The van der Waals surface area contributed by atoms with E-state index in [1.807, 2.05) is 6.92 Å². The second-order valence-electron chi connectivity index (χ2n) is 6.27. The van der Waals surface area contributed by atoms with Gasteiger partial charge in [-0.3, -0.25) is 9.69 Å². The molecule has 0 bridgehead atoms. The zero-order chi connectivity index (χ0) is 15.8. The van der Waals surface area contributed by atoms with Crippen LogP contribution in [0.25, 0.3) is 0 Å². The fraction of sp³-hybridized carbons (Fsp3) is 0.611. The molecule has 1 unspecified atom stereocenters. The first-order valence-corrected chi connectivity index (χ1v) is 8.52. The Hall–Kier alpha value is -1.39. The van der Waals surface area contributed by atoms with E-state index in [1.54, 1.807) is 0 Å². The summed E-state index contributed by atoms with van der Waals surface area (Å²) >= 11 is 0. The van der Waals surface area contributed by atoms with Crippen molar-refractivity contribution in [2.45, 2.75) is 58.2 Å². The Balaban J connectivity index is 1.77. The van der Waals surface area contributed by atoms with Crippen molar-refractivity contribution >= 4 is 5.91 Å². The summed E-state index contributed by atoms with van der Waals surface area (Å²) in [5.41, 5.74) is 8.27. The Morgan fingerprint density at radius 3 is 2.45 bits per heavy atom. The van der Waals surface area contributed by atoms with Crippen LogP contribution in [0.4, 0.5) is 0 Å². The number of amides is 1. The average Bonchev–Trinajstić information content (AvgIpc) is 2.55. The largest absolute Gasteiger partial charge is 0.351 e. The smallest absolute Gasteiger partial charge is 0.237 e. The van der Waals surface area contributed by atoms with Crippen molar-refractivity contribution in [3.8, 4) is 0 Å². The van der Waals surface area contributed by atoms with Crippen LogP contribution in [0, 0.1) is 0 Å². The number of nitrogens with one attached hydrogen (secondary N) is 1. The summed E-state index contributed by atoms with van der Waals surface area (Å²) in [6, 6.07) is 8.16. The number of carbonyl (C=O) groups excluding carboxylic acids is 1. The Bertz CT molecular complexity index is 452. The number of carbonyl (C=O) groups is 1. The third kappa shape index (κ3) is 5.43. The summed E-state index contributed by atoms with van der Waals surface area (Å²) in [5.74, 6) is -0.0563. The number of piperidine rings is 1. The van der Waals surface area contributed by atoms with E-state index >= 15 is 0 Å². The standard InChI is InChI=1S/C18H29N3O/c1-2-6-17(19)18(22)20-13-15-7-9-16(10-8-15)14-21-11-4-3-5-12-21/h7-10,17H,2-6,11-14,19H2,1H3,(H,20,22). The first-order valence-electron chi connectivity index (χ1n) is 8.52. The van der Waals surface area contributed by atoms with Gasteiger partial charge in [0.1, 0.15) is 0 Å². The molecule has 122 valence electrons. The number of hydrogen-bond acceptors (Lipinski definition) is 3. The number of likely N-dealkylation sites (tertiary alicyclic amines) is 1. The lowest BCUT2D eigenvalue weighted by Crippen LogP contribution is -2.40. The van der Waals surface area contributed by atoms with Crippen LogP contribution in [0.3, 0.4) is 0 Å². The summed E-state index contributed by atoms with van der Waals surface area (Å²) in [7, 11) is 0. The van der Waals surface area contributed by atoms with Gasteiger partial charge in [0.2, 0.25) is 5.91 Å². The van der Waals surface area contributed by atoms with Gasteiger partial charge in [0.25, 0.3) is 0 Å². The molecule has 0 radical (unpaired) electrons. The van der Waals surface area contributed by atoms with E-state index in [9.17, 15) is 4.79 Å². The molecule has 1 heterocycles. The van der Waals surface area contributed by atoms with Crippen LogP contribution in [0.5, 0.6) is 0 Å².